The van der Waals surface area contributed by atoms with Gasteiger partial charge in [-0.2, -0.15) is 0 Å². The number of hydroxylamine groups is 2. The summed E-state index contributed by atoms with van der Waals surface area (Å²) in [7, 11) is 0. The van der Waals surface area contributed by atoms with Crippen LogP contribution in [-0.4, -0.2) is 37.7 Å². The second-order valence-corrected chi connectivity index (χ2v) is 10.9. The first-order valence-corrected chi connectivity index (χ1v) is 12.8. The van der Waals surface area contributed by atoms with Crippen LogP contribution in [0.4, 0.5) is 9.18 Å². The van der Waals surface area contributed by atoms with Gasteiger partial charge in [0.25, 0.3) is 0 Å². The van der Waals surface area contributed by atoms with Crippen molar-refractivity contribution in [1.82, 2.24) is 19.8 Å². The number of hydrogen-bond acceptors (Lipinski definition) is 7. The molecule has 5 rings (SSSR count). The van der Waals surface area contributed by atoms with Crippen LogP contribution >= 0.6 is 11.6 Å². The van der Waals surface area contributed by atoms with E-state index >= 15 is 0 Å². The van der Waals surface area contributed by atoms with Crippen molar-refractivity contribution in [3.63, 3.8) is 0 Å². The Balaban J connectivity index is 1.36. The molecule has 0 atom stereocenters. The van der Waals surface area contributed by atoms with Crippen LogP contribution in [0, 0.1) is 5.82 Å². The quantitative estimate of drug-likeness (QED) is 0.365. The van der Waals surface area contributed by atoms with Gasteiger partial charge >= 0.3 is 6.16 Å². The predicted octanol–water partition coefficient (Wildman–Crippen LogP) is 6.35. The summed E-state index contributed by atoms with van der Waals surface area (Å²) in [6.45, 7) is 5.91. The number of ether oxygens (including phenoxy) is 2. The summed E-state index contributed by atoms with van der Waals surface area (Å²) in [6, 6.07) is 12.1. The molecule has 10 heteroatoms. The first-order chi connectivity index (χ1) is 17.7. The molecule has 1 aromatic heterocycles. The van der Waals surface area contributed by atoms with E-state index in [4.69, 9.17) is 25.9 Å². The molecule has 0 radical (unpaired) electrons. The third-order valence-electron chi connectivity index (χ3n) is 6.46. The number of nitrogens with zero attached hydrogens (tertiary/aromatic N) is 4. The van der Waals surface area contributed by atoms with Gasteiger partial charge in [0.1, 0.15) is 11.4 Å². The number of halogens is 2. The molecular weight excluding hydrogens is 499 g/mol. The second-order valence-electron chi connectivity index (χ2n) is 10.5. The normalized spacial score (nSPS) is 19.9. The van der Waals surface area contributed by atoms with Gasteiger partial charge < -0.3 is 14.3 Å². The zero-order valence-corrected chi connectivity index (χ0v) is 21.9. The van der Waals surface area contributed by atoms with Crippen molar-refractivity contribution in [1.29, 1.82) is 0 Å². The molecule has 1 fully saturated rings. The Morgan fingerprint density at radius 1 is 1.05 bits per heavy atom. The van der Waals surface area contributed by atoms with Crippen LogP contribution in [0.25, 0.3) is 5.69 Å². The van der Waals surface area contributed by atoms with Gasteiger partial charge in [-0.25, -0.2) is 9.18 Å². The van der Waals surface area contributed by atoms with Crippen LogP contribution < -0.4 is 4.74 Å². The fraction of sp³-hybridized carbons (Fsp3) is 0.444. The van der Waals surface area contributed by atoms with E-state index < -0.39 is 11.8 Å². The average Bonchev–Trinajstić information content (AvgIpc) is 3.16. The topological polar surface area (TPSA) is 78.7 Å². The molecule has 37 heavy (non-hydrogen) atoms. The molecule has 0 spiro atoms. The number of aromatic nitrogens is 3. The highest BCUT2D eigenvalue weighted by Crippen LogP contribution is 2.37. The van der Waals surface area contributed by atoms with E-state index in [1.54, 1.807) is 39.0 Å². The Labute approximate surface area is 220 Å². The molecule has 0 bridgehead atoms. The minimum absolute atomic E-state index is 0.0523. The third kappa shape index (κ3) is 5.88. The molecule has 3 aromatic rings. The third-order valence-corrected chi connectivity index (χ3v) is 6.70. The van der Waals surface area contributed by atoms with Crippen molar-refractivity contribution < 1.29 is 23.5 Å². The number of fused-ring (bicyclic) bond motifs is 3. The summed E-state index contributed by atoms with van der Waals surface area (Å²) < 4.78 is 27.4. The van der Waals surface area contributed by atoms with E-state index in [1.807, 2.05) is 22.8 Å². The van der Waals surface area contributed by atoms with Crippen molar-refractivity contribution in [2.75, 3.05) is 0 Å². The summed E-state index contributed by atoms with van der Waals surface area (Å²) in [6.07, 6.45) is 2.39. The Hall–Kier alpha value is -3.17. The van der Waals surface area contributed by atoms with E-state index in [0.717, 1.165) is 42.8 Å². The highest BCUT2D eigenvalue weighted by atomic mass is 35.5. The lowest BCUT2D eigenvalue weighted by molar-refractivity contribution is -0.155. The highest BCUT2D eigenvalue weighted by Gasteiger charge is 2.32. The van der Waals surface area contributed by atoms with Gasteiger partial charge in [0.05, 0.1) is 24.9 Å². The predicted molar refractivity (Wildman–Crippen MR) is 135 cm³/mol. The van der Waals surface area contributed by atoms with Gasteiger partial charge in [-0.3, -0.25) is 4.57 Å². The van der Waals surface area contributed by atoms with Crippen LogP contribution in [-0.2, 0) is 22.7 Å². The number of carbonyl (C=O) groups is 1. The maximum Gasteiger partial charge on any atom is 0.528 e. The van der Waals surface area contributed by atoms with E-state index in [1.165, 1.54) is 11.1 Å². The van der Waals surface area contributed by atoms with Crippen molar-refractivity contribution in [2.45, 2.75) is 77.2 Å². The first kappa shape index (κ1) is 25.5. The molecule has 2 aliphatic rings. The molecule has 0 N–H and O–H groups in total. The van der Waals surface area contributed by atoms with Crippen molar-refractivity contribution >= 4 is 17.8 Å². The van der Waals surface area contributed by atoms with E-state index in [0.29, 0.717) is 17.4 Å². The smallest absolute Gasteiger partial charge is 0.487 e. The van der Waals surface area contributed by atoms with E-state index in [9.17, 15) is 9.18 Å². The highest BCUT2D eigenvalue weighted by molar-refractivity contribution is 6.30. The van der Waals surface area contributed by atoms with Gasteiger partial charge in [-0.05, 0) is 82.3 Å². The average molecular weight is 529 g/mol. The SMILES string of the molecule is CC(C)(C)OC(=O)ON1Cc2cc(Cl)ccc2-n2c(nnc2C2CCC(Oc3ccccc3F)CC2)C1. The number of para-hydroxylation sites is 1. The maximum atomic E-state index is 14.0. The van der Waals surface area contributed by atoms with Crippen molar-refractivity contribution in [3.05, 3.63) is 70.5 Å². The lowest BCUT2D eigenvalue weighted by atomic mass is 9.86. The summed E-state index contributed by atoms with van der Waals surface area (Å²) in [5.41, 5.74) is 1.11. The monoisotopic (exact) mass is 528 g/mol. The van der Waals surface area contributed by atoms with Crippen LogP contribution in [0.15, 0.2) is 42.5 Å². The summed E-state index contributed by atoms with van der Waals surface area (Å²) in [4.78, 5) is 17.9. The summed E-state index contributed by atoms with van der Waals surface area (Å²) in [5, 5.41) is 11.1. The Bertz CT molecular complexity index is 1280. The van der Waals surface area contributed by atoms with E-state index in [2.05, 4.69) is 10.2 Å². The van der Waals surface area contributed by atoms with Crippen molar-refractivity contribution in [2.24, 2.45) is 0 Å². The molecule has 1 aliphatic carbocycles. The van der Waals surface area contributed by atoms with Crippen LogP contribution in [0.2, 0.25) is 5.02 Å². The van der Waals surface area contributed by atoms with E-state index in [-0.39, 0.29) is 30.1 Å². The molecule has 1 aliphatic heterocycles. The first-order valence-electron chi connectivity index (χ1n) is 12.5. The van der Waals surface area contributed by atoms with Crippen LogP contribution in [0.5, 0.6) is 5.75 Å². The lowest BCUT2D eigenvalue weighted by Gasteiger charge is -2.29. The Morgan fingerprint density at radius 3 is 2.54 bits per heavy atom. The molecule has 0 saturated heterocycles. The molecule has 2 aromatic carbocycles. The zero-order chi connectivity index (χ0) is 26.2. The van der Waals surface area contributed by atoms with Crippen molar-refractivity contribution in [3.8, 4) is 11.4 Å². The number of carbonyl (C=O) groups excluding carboxylic acids is 1. The zero-order valence-electron chi connectivity index (χ0n) is 21.1. The van der Waals surface area contributed by atoms with Gasteiger partial charge in [0.15, 0.2) is 17.4 Å². The van der Waals surface area contributed by atoms with Gasteiger partial charge in [-0.15, -0.1) is 15.3 Å². The molecule has 8 nitrogen and oxygen atoms in total. The Kier molecular flexibility index (Phi) is 7.09. The second kappa shape index (κ2) is 10.3. The minimum Gasteiger partial charge on any atom is -0.487 e. The molecular formula is C27H30ClFN4O4. The fourth-order valence-electron chi connectivity index (χ4n) is 4.86. The van der Waals surface area contributed by atoms with Gasteiger partial charge in [0, 0.05) is 10.9 Å². The molecule has 0 amide bonds. The van der Waals surface area contributed by atoms with Gasteiger partial charge in [0.2, 0.25) is 0 Å². The van der Waals surface area contributed by atoms with Crippen LogP contribution in [0.3, 0.4) is 0 Å². The Morgan fingerprint density at radius 2 is 1.81 bits per heavy atom. The molecule has 0 unspecified atom stereocenters. The maximum absolute atomic E-state index is 14.0. The summed E-state index contributed by atoms with van der Waals surface area (Å²) >= 11 is 6.32. The standard InChI is InChI=1S/C27H30ClFN4O4/c1-27(2,3)36-26(34)37-32-15-18-14-19(28)10-13-22(18)33-24(16-32)30-31-25(33)17-8-11-20(12-9-17)35-23-7-5-4-6-21(23)29/h4-7,10,13-14,17,20H,8-9,11-12,15-16H2,1-3H3. The van der Waals surface area contributed by atoms with Crippen LogP contribution in [0.1, 0.15) is 69.6 Å². The molecule has 1 saturated carbocycles. The molecule has 2 heterocycles. The number of benzene rings is 2. The number of rotatable bonds is 4. The van der Waals surface area contributed by atoms with Gasteiger partial charge in [-0.1, -0.05) is 23.7 Å². The largest absolute Gasteiger partial charge is 0.528 e. The number of hydrogen-bond donors (Lipinski definition) is 0. The summed E-state index contributed by atoms with van der Waals surface area (Å²) in [5.74, 6) is 1.61. The lowest BCUT2D eigenvalue weighted by Crippen LogP contribution is -2.31. The fourth-order valence-corrected chi connectivity index (χ4v) is 5.05. The minimum atomic E-state index is -0.780. The molecule has 196 valence electrons.